The highest BCUT2D eigenvalue weighted by Gasteiger charge is 2.44. The Labute approximate surface area is 169 Å². The van der Waals surface area contributed by atoms with E-state index in [9.17, 15) is 9.59 Å². The van der Waals surface area contributed by atoms with E-state index in [1.54, 1.807) is 25.3 Å². The highest BCUT2D eigenvalue weighted by Crippen LogP contribution is 2.46. The molecule has 1 aliphatic heterocycles. The zero-order valence-corrected chi connectivity index (χ0v) is 17.1. The number of hydrogen-bond acceptors (Lipinski definition) is 7. The number of carbonyl (C=O) groups excluding carboxylic acids is 2. The second-order valence-corrected chi connectivity index (χ2v) is 6.80. The van der Waals surface area contributed by atoms with Crippen molar-refractivity contribution in [2.45, 2.75) is 39.1 Å². The van der Waals surface area contributed by atoms with Gasteiger partial charge < -0.3 is 23.7 Å². The minimum absolute atomic E-state index is 0.479. The molecule has 0 aromatic heterocycles. The molecule has 0 N–H and O–H groups in total. The maximum absolute atomic E-state index is 11.9. The standard InChI is InChI=1S/C22H24O7/c1-12-6-8-17-16(10-12)21(27-13(2)23)22(28-14(3)24)20(29-17)15-7-9-18(25-4)19(11-15)26-5/h6-11,20-22H,1-5H3/t20-,21-,22-/m1/s1. The van der Waals surface area contributed by atoms with E-state index in [0.717, 1.165) is 5.56 Å². The summed E-state index contributed by atoms with van der Waals surface area (Å²) in [5, 5.41) is 0. The number of carbonyl (C=O) groups is 2. The summed E-state index contributed by atoms with van der Waals surface area (Å²) < 4.78 is 28.1. The van der Waals surface area contributed by atoms with Crippen LogP contribution >= 0.6 is 0 Å². The van der Waals surface area contributed by atoms with E-state index >= 15 is 0 Å². The highest BCUT2D eigenvalue weighted by atomic mass is 16.6. The van der Waals surface area contributed by atoms with Crippen LogP contribution < -0.4 is 14.2 Å². The van der Waals surface area contributed by atoms with Crippen LogP contribution in [0.25, 0.3) is 0 Å². The number of fused-ring (bicyclic) bond motifs is 1. The van der Waals surface area contributed by atoms with Crippen molar-refractivity contribution in [3.05, 3.63) is 53.1 Å². The molecule has 0 unspecified atom stereocenters. The Hall–Kier alpha value is -3.22. The quantitative estimate of drug-likeness (QED) is 0.708. The van der Waals surface area contributed by atoms with Gasteiger partial charge in [0.1, 0.15) is 5.75 Å². The number of aryl methyl sites for hydroxylation is 1. The number of rotatable bonds is 5. The predicted octanol–water partition coefficient (Wildman–Crippen LogP) is 3.68. The number of methoxy groups -OCH3 is 2. The van der Waals surface area contributed by atoms with Gasteiger partial charge in [-0.2, -0.15) is 0 Å². The lowest BCUT2D eigenvalue weighted by Crippen LogP contribution is -2.39. The summed E-state index contributed by atoms with van der Waals surface area (Å²) in [6, 6.07) is 10.9. The fraction of sp³-hybridized carbons (Fsp3) is 0.364. The van der Waals surface area contributed by atoms with E-state index in [0.29, 0.717) is 28.4 Å². The molecule has 0 radical (unpaired) electrons. The minimum atomic E-state index is -0.871. The summed E-state index contributed by atoms with van der Waals surface area (Å²) in [4.78, 5) is 23.7. The molecule has 3 rings (SSSR count). The van der Waals surface area contributed by atoms with Crippen LogP contribution in [0.5, 0.6) is 17.2 Å². The topological polar surface area (TPSA) is 80.3 Å². The summed E-state index contributed by atoms with van der Waals surface area (Å²) in [7, 11) is 3.08. The number of ether oxygens (including phenoxy) is 5. The van der Waals surface area contributed by atoms with Crippen LogP contribution in [0.2, 0.25) is 0 Å². The maximum atomic E-state index is 11.9. The monoisotopic (exact) mass is 400 g/mol. The Kier molecular flexibility index (Phi) is 5.96. The number of hydrogen-bond donors (Lipinski definition) is 0. The fourth-order valence-corrected chi connectivity index (χ4v) is 3.45. The summed E-state index contributed by atoms with van der Waals surface area (Å²) in [6.45, 7) is 4.55. The van der Waals surface area contributed by atoms with Gasteiger partial charge in [0.25, 0.3) is 0 Å². The number of esters is 2. The average Bonchev–Trinajstić information content (AvgIpc) is 2.68. The van der Waals surface area contributed by atoms with Gasteiger partial charge >= 0.3 is 11.9 Å². The first kappa shape index (κ1) is 20.5. The first-order valence-corrected chi connectivity index (χ1v) is 9.17. The second-order valence-electron chi connectivity index (χ2n) is 6.80. The van der Waals surface area contributed by atoms with Gasteiger partial charge in [-0.05, 0) is 31.2 Å². The van der Waals surface area contributed by atoms with Crippen LogP contribution in [0.15, 0.2) is 36.4 Å². The smallest absolute Gasteiger partial charge is 0.303 e. The van der Waals surface area contributed by atoms with Crippen molar-refractivity contribution in [1.82, 2.24) is 0 Å². The van der Waals surface area contributed by atoms with E-state index in [1.165, 1.54) is 21.0 Å². The van der Waals surface area contributed by atoms with Crippen LogP contribution in [0, 0.1) is 6.92 Å². The van der Waals surface area contributed by atoms with Crippen molar-refractivity contribution in [1.29, 1.82) is 0 Å². The van der Waals surface area contributed by atoms with Gasteiger partial charge in [0.05, 0.1) is 14.2 Å². The molecule has 0 bridgehead atoms. The summed E-state index contributed by atoms with van der Waals surface area (Å²) in [5.74, 6) is 0.646. The van der Waals surface area contributed by atoms with E-state index in [-0.39, 0.29) is 0 Å². The van der Waals surface area contributed by atoms with Crippen LogP contribution in [-0.2, 0) is 19.1 Å². The highest BCUT2D eigenvalue weighted by molar-refractivity contribution is 5.68. The second kappa shape index (κ2) is 8.43. The summed E-state index contributed by atoms with van der Waals surface area (Å²) in [5.41, 5.74) is 2.32. The van der Waals surface area contributed by atoms with Crippen molar-refractivity contribution in [3.63, 3.8) is 0 Å². The van der Waals surface area contributed by atoms with E-state index in [4.69, 9.17) is 23.7 Å². The zero-order valence-electron chi connectivity index (χ0n) is 17.1. The van der Waals surface area contributed by atoms with Gasteiger partial charge in [0, 0.05) is 25.0 Å². The third kappa shape index (κ3) is 4.29. The third-order valence-electron chi connectivity index (χ3n) is 4.65. The number of benzene rings is 2. The Bertz CT molecular complexity index is 921. The fourth-order valence-electron chi connectivity index (χ4n) is 3.45. The van der Waals surface area contributed by atoms with Crippen LogP contribution in [0.1, 0.15) is 42.7 Å². The average molecular weight is 400 g/mol. The molecule has 0 amide bonds. The van der Waals surface area contributed by atoms with Gasteiger partial charge in [0.2, 0.25) is 0 Å². The van der Waals surface area contributed by atoms with Gasteiger partial charge in [-0.15, -0.1) is 0 Å². The first-order valence-electron chi connectivity index (χ1n) is 9.17. The van der Waals surface area contributed by atoms with Crippen molar-refractivity contribution in [3.8, 4) is 17.2 Å². The molecule has 0 saturated heterocycles. The third-order valence-corrected chi connectivity index (χ3v) is 4.65. The molecular weight excluding hydrogens is 376 g/mol. The molecule has 7 heteroatoms. The molecule has 1 heterocycles. The molecule has 1 aliphatic rings. The van der Waals surface area contributed by atoms with E-state index in [2.05, 4.69) is 0 Å². The molecule has 2 aromatic rings. The summed E-state index contributed by atoms with van der Waals surface area (Å²) in [6.07, 6.45) is -2.39. The molecule has 0 spiro atoms. The largest absolute Gasteiger partial charge is 0.493 e. The van der Waals surface area contributed by atoms with Crippen molar-refractivity contribution in [2.24, 2.45) is 0 Å². The molecule has 0 aliphatic carbocycles. The lowest BCUT2D eigenvalue weighted by molar-refractivity contribution is -0.178. The molecule has 3 atom stereocenters. The van der Waals surface area contributed by atoms with Crippen molar-refractivity contribution < 1.29 is 33.3 Å². The Balaban J connectivity index is 2.13. The van der Waals surface area contributed by atoms with E-state index in [1.807, 2.05) is 25.1 Å². The van der Waals surface area contributed by atoms with Crippen molar-refractivity contribution >= 4 is 11.9 Å². The molecular formula is C22H24O7. The Morgan fingerprint density at radius 2 is 1.59 bits per heavy atom. The van der Waals surface area contributed by atoms with Crippen LogP contribution in [0.3, 0.4) is 0 Å². The van der Waals surface area contributed by atoms with Crippen molar-refractivity contribution in [2.75, 3.05) is 14.2 Å². The van der Waals surface area contributed by atoms with Gasteiger partial charge in [-0.1, -0.05) is 17.7 Å². The lowest BCUT2D eigenvalue weighted by Gasteiger charge is -2.38. The normalized spacial score (nSPS) is 20.1. The zero-order chi connectivity index (χ0) is 21.1. The SMILES string of the molecule is COc1ccc([C@H]2Oc3ccc(C)cc3[C@@H](OC(C)=O)[C@@H]2OC(C)=O)cc1OC. The van der Waals surface area contributed by atoms with Crippen LogP contribution in [0.4, 0.5) is 0 Å². The van der Waals surface area contributed by atoms with Gasteiger partial charge in [0.15, 0.2) is 29.8 Å². The predicted molar refractivity (Wildman–Crippen MR) is 104 cm³/mol. The van der Waals surface area contributed by atoms with Gasteiger partial charge in [-0.25, -0.2) is 0 Å². The molecule has 0 saturated carbocycles. The van der Waals surface area contributed by atoms with Crippen LogP contribution in [-0.4, -0.2) is 32.3 Å². The lowest BCUT2D eigenvalue weighted by atomic mass is 9.90. The summed E-state index contributed by atoms with van der Waals surface area (Å²) >= 11 is 0. The Morgan fingerprint density at radius 1 is 0.897 bits per heavy atom. The Morgan fingerprint density at radius 3 is 2.21 bits per heavy atom. The first-order chi connectivity index (χ1) is 13.8. The van der Waals surface area contributed by atoms with Gasteiger partial charge in [-0.3, -0.25) is 9.59 Å². The molecule has 0 fully saturated rings. The minimum Gasteiger partial charge on any atom is -0.493 e. The molecule has 154 valence electrons. The molecule has 2 aromatic carbocycles. The molecule has 29 heavy (non-hydrogen) atoms. The maximum Gasteiger partial charge on any atom is 0.303 e. The molecule has 7 nitrogen and oxygen atoms in total. The van der Waals surface area contributed by atoms with E-state index < -0.39 is 30.3 Å².